The number of aromatic nitrogens is 2. The van der Waals surface area contributed by atoms with Gasteiger partial charge in [0, 0.05) is 23.9 Å². The van der Waals surface area contributed by atoms with E-state index in [1.54, 1.807) is 12.1 Å². The number of carbonyl (C=O) groups is 1. The van der Waals surface area contributed by atoms with Crippen LogP contribution in [0, 0.1) is 5.82 Å². The fourth-order valence-corrected chi connectivity index (χ4v) is 3.79. The van der Waals surface area contributed by atoms with E-state index < -0.39 is 0 Å². The number of hydrogen-bond acceptors (Lipinski definition) is 3. The first-order valence-corrected chi connectivity index (χ1v) is 8.93. The highest BCUT2D eigenvalue weighted by Crippen LogP contribution is 2.30. The third kappa shape index (κ3) is 2.89. The topological polar surface area (TPSA) is 46.4 Å². The van der Waals surface area contributed by atoms with E-state index in [4.69, 9.17) is 0 Å². The standard InChI is InChI=1S/C19H16FN3OS/c1-2-9-21-18(24)13-5-8-16-17(10-13)25-19-22-15(11-23(16)19)12-3-6-14(20)7-4-12/h3-8,10-11H,2,9H2,1H3,(H,21,24). The maximum absolute atomic E-state index is 13.1. The molecule has 0 radical (unpaired) electrons. The lowest BCUT2D eigenvalue weighted by Gasteiger charge is -2.03. The Balaban J connectivity index is 1.72. The summed E-state index contributed by atoms with van der Waals surface area (Å²) in [7, 11) is 0. The molecular formula is C19H16FN3OS. The first-order chi connectivity index (χ1) is 12.2. The summed E-state index contributed by atoms with van der Waals surface area (Å²) in [4.78, 5) is 17.6. The van der Waals surface area contributed by atoms with Crippen LogP contribution >= 0.6 is 11.3 Å². The molecule has 0 saturated carbocycles. The van der Waals surface area contributed by atoms with Gasteiger partial charge in [-0.2, -0.15) is 0 Å². The molecule has 0 atom stereocenters. The molecule has 0 aliphatic rings. The Kier molecular flexibility index (Phi) is 3.97. The van der Waals surface area contributed by atoms with Crippen LogP contribution in [-0.4, -0.2) is 21.8 Å². The van der Waals surface area contributed by atoms with Gasteiger partial charge in [0.1, 0.15) is 5.82 Å². The minimum atomic E-state index is -0.260. The van der Waals surface area contributed by atoms with E-state index in [1.807, 2.05) is 35.7 Å². The zero-order valence-electron chi connectivity index (χ0n) is 13.6. The van der Waals surface area contributed by atoms with Crippen molar-refractivity contribution in [3.63, 3.8) is 0 Å². The Bertz CT molecular complexity index is 1070. The van der Waals surface area contributed by atoms with Crippen LogP contribution in [0.4, 0.5) is 4.39 Å². The van der Waals surface area contributed by atoms with Crippen molar-refractivity contribution in [2.75, 3.05) is 6.54 Å². The Morgan fingerprint density at radius 1 is 1.24 bits per heavy atom. The summed E-state index contributed by atoms with van der Waals surface area (Å²) >= 11 is 1.53. The second kappa shape index (κ2) is 6.29. The average Bonchev–Trinajstić information content (AvgIpc) is 3.17. The predicted molar refractivity (Wildman–Crippen MR) is 98.6 cm³/mol. The number of benzene rings is 2. The Morgan fingerprint density at radius 2 is 2.04 bits per heavy atom. The zero-order chi connectivity index (χ0) is 17.4. The molecular weight excluding hydrogens is 337 g/mol. The first-order valence-electron chi connectivity index (χ1n) is 8.11. The number of nitrogens with zero attached hydrogens (tertiary/aromatic N) is 2. The van der Waals surface area contributed by atoms with Crippen LogP contribution in [0.25, 0.3) is 26.4 Å². The molecule has 25 heavy (non-hydrogen) atoms. The Labute approximate surface area is 147 Å². The number of fused-ring (bicyclic) bond motifs is 3. The summed E-state index contributed by atoms with van der Waals surface area (Å²) in [5.41, 5.74) is 3.34. The largest absolute Gasteiger partial charge is 0.352 e. The lowest BCUT2D eigenvalue weighted by atomic mass is 10.2. The van der Waals surface area contributed by atoms with E-state index >= 15 is 0 Å². The Hall–Kier alpha value is -2.73. The molecule has 0 fully saturated rings. The van der Waals surface area contributed by atoms with Crippen LogP contribution in [0.1, 0.15) is 23.7 Å². The highest BCUT2D eigenvalue weighted by Gasteiger charge is 2.12. The number of rotatable bonds is 4. The maximum atomic E-state index is 13.1. The van der Waals surface area contributed by atoms with Gasteiger partial charge < -0.3 is 5.32 Å². The third-order valence-electron chi connectivity index (χ3n) is 4.03. The van der Waals surface area contributed by atoms with Crippen LogP contribution in [0.5, 0.6) is 0 Å². The smallest absolute Gasteiger partial charge is 0.251 e. The van der Waals surface area contributed by atoms with Crippen molar-refractivity contribution in [2.45, 2.75) is 13.3 Å². The van der Waals surface area contributed by atoms with E-state index in [1.165, 1.54) is 23.5 Å². The summed E-state index contributed by atoms with van der Waals surface area (Å²) in [6.45, 7) is 2.70. The van der Waals surface area contributed by atoms with Gasteiger partial charge in [0.25, 0.3) is 5.91 Å². The molecule has 2 aromatic carbocycles. The molecule has 4 rings (SSSR count). The number of nitrogens with one attached hydrogen (secondary N) is 1. The van der Waals surface area contributed by atoms with Gasteiger partial charge in [-0.15, -0.1) is 0 Å². The third-order valence-corrected chi connectivity index (χ3v) is 5.05. The van der Waals surface area contributed by atoms with Gasteiger partial charge in [0.15, 0.2) is 4.96 Å². The van der Waals surface area contributed by atoms with Crippen LogP contribution < -0.4 is 5.32 Å². The van der Waals surface area contributed by atoms with Gasteiger partial charge in [-0.25, -0.2) is 9.37 Å². The number of imidazole rings is 1. The second-order valence-corrected chi connectivity index (χ2v) is 6.84. The lowest BCUT2D eigenvalue weighted by Crippen LogP contribution is -2.23. The van der Waals surface area contributed by atoms with Gasteiger partial charge in [0.05, 0.1) is 15.9 Å². The molecule has 4 nitrogen and oxygen atoms in total. The van der Waals surface area contributed by atoms with Gasteiger partial charge in [-0.3, -0.25) is 9.20 Å². The van der Waals surface area contributed by atoms with Crippen LogP contribution in [0.15, 0.2) is 48.7 Å². The molecule has 1 amide bonds. The summed E-state index contributed by atoms with van der Waals surface area (Å²) in [5.74, 6) is -0.314. The van der Waals surface area contributed by atoms with E-state index in [2.05, 4.69) is 10.3 Å². The van der Waals surface area contributed by atoms with Gasteiger partial charge in [-0.1, -0.05) is 18.3 Å². The maximum Gasteiger partial charge on any atom is 0.251 e. The fraction of sp³-hybridized carbons (Fsp3) is 0.158. The number of thiazole rings is 1. The number of halogens is 1. The number of amides is 1. The van der Waals surface area contributed by atoms with Crippen molar-refractivity contribution in [3.8, 4) is 11.3 Å². The van der Waals surface area contributed by atoms with Gasteiger partial charge >= 0.3 is 0 Å². The Morgan fingerprint density at radius 3 is 2.80 bits per heavy atom. The lowest BCUT2D eigenvalue weighted by molar-refractivity contribution is 0.0954. The zero-order valence-corrected chi connectivity index (χ0v) is 14.4. The van der Waals surface area contributed by atoms with Gasteiger partial charge in [-0.05, 0) is 48.9 Å². The summed E-state index contributed by atoms with van der Waals surface area (Å²) in [6.07, 6.45) is 2.85. The summed E-state index contributed by atoms with van der Waals surface area (Å²) in [5, 5.41) is 2.89. The molecule has 0 aliphatic heterocycles. The van der Waals surface area contributed by atoms with Crippen molar-refractivity contribution in [3.05, 3.63) is 60.0 Å². The highest BCUT2D eigenvalue weighted by atomic mass is 32.1. The van der Waals surface area contributed by atoms with Crippen molar-refractivity contribution >= 4 is 32.4 Å². The molecule has 2 aromatic heterocycles. The van der Waals surface area contributed by atoms with Crippen molar-refractivity contribution in [2.24, 2.45) is 0 Å². The minimum absolute atomic E-state index is 0.0539. The van der Waals surface area contributed by atoms with Crippen LogP contribution in [-0.2, 0) is 0 Å². The van der Waals surface area contributed by atoms with E-state index in [9.17, 15) is 9.18 Å². The van der Waals surface area contributed by atoms with E-state index in [0.717, 1.165) is 32.9 Å². The normalized spacial score (nSPS) is 11.3. The molecule has 0 aliphatic carbocycles. The predicted octanol–water partition coefficient (Wildman–Crippen LogP) is 4.49. The summed E-state index contributed by atoms with van der Waals surface area (Å²) < 4.78 is 16.1. The van der Waals surface area contributed by atoms with Crippen molar-refractivity contribution in [1.82, 2.24) is 14.7 Å². The van der Waals surface area contributed by atoms with Crippen LogP contribution in [0.3, 0.4) is 0 Å². The van der Waals surface area contributed by atoms with Gasteiger partial charge in [0.2, 0.25) is 0 Å². The molecule has 0 saturated heterocycles. The molecule has 6 heteroatoms. The molecule has 2 heterocycles. The SMILES string of the molecule is CCCNC(=O)c1ccc2c(c1)sc1nc(-c3ccc(F)cc3)cn12. The molecule has 126 valence electrons. The second-order valence-electron chi connectivity index (χ2n) is 5.83. The molecule has 0 unspecified atom stereocenters. The van der Waals surface area contributed by atoms with E-state index in [0.29, 0.717) is 12.1 Å². The molecule has 4 aromatic rings. The molecule has 0 bridgehead atoms. The van der Waals surface area contributed by atoms with Crippen molar-refractivity contribution in [1.29, 1.82) is 0 Å². The minimum Gasteiger partial charge on any atom is -0.352 e. The average molecular weight is 353 g/mol. The fourth-order valence-electron chi connectivity index (χ4n) is 2.74. The molecule has 1 N–H and O–H groups in total. The first kappa shape index (κ1) is 15.8. The molecule has 0 spiro atoms. The van der Waals surface area contributed by atoms with Crippen LogP contribution in [0.2, 0.25) is 0 Å². The van der Waals surface area contributed by atoms with Crippen molar-refractivity contribution < 1.29 is 9.18 Å². The number of carbonyl (C=O) groups excluding carboxylic acids is 1. The number of hydrogen-bond donors (Lipinski definition) is 1. The highest BCUT2D eigenvalue weighted by molar-refractivity contribution is 7.23. The monoisotopic (exact) mass is 353 g/mol. The van der Waals surface area contributed by atoms with E-state index in [-0.39, 0.29) is 11.7 Å². The summed E-state index contributed by atoms with van der Waals surface area (Å²) in [6, 6.07) is 12.0. The quantitative estimate of drug-likeness (QED) is 0.587.